The van der Waals surface area contributed by atoms with Gasteiger partial charge in [0.25, 0.3) is 0 Å². The molecule has 0 heterocycles. The van der Waals surface area contributed by atoms with Gasteiger partial charge >= 0.3 is 0 Å². The number of hydrogen-bond acceptors (Lipinski definition) is 2. The summed E-state index contributed by atoms with van der Waals surface area (Å²) in [6.45, 7) is 2.26. The summed E-state index contributed by atoms with van der Waals surface area (Å²) in [6, 6.07) is 6.61. The number of aliphatic hydroxyl groups excluding tert-OH is 1. The van der Waals surface area contributed by atoms with Gasteiger partial charge in [-0.3, -0.25) is 0 Å². The van der Waals surface area contributed by atoms with Gasteiger partial charge in [0.1, 0.15) is 0 Å². The van der Waals surface area contributed by atoms with Gasteiger partial charge in [-0.25, -0.2) is 17.6 Å². The van der Waals surface area contributed by atoms with E-state index in [4.69, 9.17) is 4.74 Å². The predicted octanol–water partition coefficient (Wildman–Crippen LogP) is 7.24. The van der Waals surface area contributed by atoms with Gasteiger partial charge in [0.15, 0.2) is 23.3 Å². The third kappa shape index (κ3) is 5.12. The zero-order valence-corrected chi connectivity index (χ0v) is 19.1. The summed E-state index contributed by atoms with van der Waals surface area (Å²) in [5.41, 5.74) is 1.34. The molecule has 4 rings (SSSR count). The van der Waals surface area contributed by atoms with Gasteiger partial charge in [0, 0.05) is 12.2 Å². The van der Waals surface area contributed by atoms with Gasteiger partial charge in [-0.05, 0) is 92.7 Å². The number of ether oxygens (including phenoxy) is 1. The van der Waals surface area contributed by atoms with Crippen molar-refractivity contribution in [2.75, 3.05) is 6.61 Å². The topological polar surface area (TPSA) is 29.5 Å². The van der Waals surface area contributed by atoms with E-state index in [1.165, 1.54) is 0 Å². The molecule has 0 bridgehead atoms. The fourth-order valence-corrected chi connectivity index (χ4v) is 5.56. The van der Waals surface area contributed by atoms with E-state index in [1.807, 2.05) is 0 Å². The molecule has 0 atom stereocenters. The molecule has 0 radical (unpaired) electrons. The van der Waals surface area contributed by atoms with Crippen molar-refractivity contribution < 1.29 is 27.4 Å². The zero-order valence-electron chi connectivity index (χ0n) is 19.1. The summed E-state index contributed by atoms with van der Waals surface area (Å²) in [4.78, 5) is 0. The van der Waals surface area contributed by atoms with Gasteiger partial charge in [0.05, 0.1) is 12.7 Å². The molecule has 2 saturated carbocycles. The monoisotopic (exact) mass is 464 g/mol. The summed E-state index contributed by atoms with van der Waals surface area (Å²) in [5.74, 6) is -3.57. The maximum Gasteiger partial charge on any atom is 0.164 e. The molecule has 2 aromatic carbocycles. The first kappa shape index (κ1) is 24.2. The van der Waals surface area contributed by atoms with Gasteiger partial charge < -0.3 is 9.84 Å². The van der Waals surface area contributed by atoms with Crippen LogP contribution in [-0.4, -0.2) is 17.8 Å². The van der Waals surface area contributed by atoms with Crippen LogP contribution < -0.4 is 0 Å². The van der Waals surface area contributed by atoms with E-state index in [-0.39, 0.29) is 36.0 Å². The smallest absolute Gasteiger partial charge is 0.164 e. The molecule has 0 aromatic heterocycles. The number of aliphatic hydroxyl groups is 1. The predicted molar refractivity (Wildman–Crippen MR) is 119 cm³/mol. The molecule has 0 amide bonds. The summed E-state index contributed by atoms with van der Waals surface area (Å²) in [5, 5.41) is 9.68. The minimum absolute atomic E-state index is 0.0363. The van der Waals surface area contributed by atoms with Crippen LogP contribution in [0.1, 0.15) is 98.3 Å². The van der Waals surface area contributed by atoms with Crippen LogP contribution in [0.4, 0.5) is 17.6 Å². The van der Waals surface area contributed by atoms with Gasteiger partial charge in [0.2, 0.25) is 0 Å². The van der Waals surface area contributed by atoms with Gasteiger partial charge in [-0.1, -0.05) is 24.3 Å². The highest BCUT2D eigenvalue weighted by molar-refractivity contribution is 5.33. The van der Waals surface area contributed by atoms with Crippen molar-refractivity contribution in [3.8, 4) is 0 Å². The molecule has 2 nitrogen and oxygen atoms in total. The Bertz CT molecular complexity index is 961. The summed E-state index contributed by atoms with van der Waals surface area (Å²) >= 11 is 0. The van der Waals surface area contributed by atoms with Crippen LogP contribution in [0.3, 0.4) is 0 Å². The maximum atomic E-state index is 15.0. The normalized spacial score (nSPS) is 25.9. The van der Waals surface area contributed by atoms with E-state index >= 15 is 4.39 Å². The van der Waals surface area contributed by atoms with Crippen molar-refractivity contribution in [3.05, 3.63) is 69.8 Å². The second-order valence-electron chi connectivity index (χ2n) is 9.50. The Morgan fingerprint density at radius 1 is 0.667 bits per heavy atom. The summed E-state index contributed by atoms with van der Waals surface area (Å²) in [7, 11) is 0. The van der Waals surface area contributed by atoms with Crippen molar-refractivity contribution in [3.63, 3.8) is 0 Å². The highest BCUT2D eigenvalue weighted by Gasteiger charge is 2.31. The average Bonchev–Trinajstić information content (AvgIpc) is 2.83. The molecular formula is C27H32F4O2. The third-order valence-electron chi connectivity index (χ3n) is 7.54. The molecule has 180 valence electrons. The first-order chi connectivity index (χ1) is 15.9. The molecule has 0 saturated heterocycles. The lowest BCUT2D eigenvalue weighted by Crippen LogP contribution is -2.19. The van der Waals surface area contributed by atoms with E-state index in [2.05, 4.69) is 0 Å². The Hall–Kier alpha value is -1.92. The van der Waals surface area contributed by atoms with Crippen LogP contribution in [0, 0.1) is 23.3 Å². The zero-order chi connectivity index (χ0) is 23.5. The van der Waals surface area contributed by atoms with E-state index in [0.29, 0.717) is 74.7 Å². The Morgan fingerprint density at radius 2 is 1.06 bits per heavy atom. The summed E-state index contributed by atoms with van der Waals surface area (Å²) in [6.07, 6.45) is 4.58. The molecule has 0 spiro atoms. The Labute approximate surface area is 193 Å². The molecule has 1 N–H and O–H groups in total. The largest absolute Gasteiger partial charge is 0.393 e. The minimum Gasteiger partial charge on any atom is -0.393 e. The maximum absolute atomic E-state index is 15.0. The molecule has 2 aliphatic carbocycles. The fourth-order valence-electron chi connectivity index (χ4n) is 5.56. The van der Waals surface area contributed by atoms with Crippen molar-refractivity contribution in [1.29, 1.82) is 0 Å². The second-order valence-corrected chi connectivity index (χ2v) is 9.50. The number of rotatable bonds is 6. The van der Waals surface area contributed by atoms with Crippen molar-refractivity contribution >= 4 is 0 Å². The molecule has 0 aliphatic heterocycles. The minimum atomic E-state index is -0.859. The van der Waals surface area contributed by atoms with Crippen molar-refractivity contribution in [2.45, 2.75) is 88.8 Å². The summed E-state index contributed by atoms with van der Waals surface area (Å²) < 4.78 is 64.3. The lowest BCUT2D eigenvalue weighted by atomic mass is 9.75. The molecule has 2 aliphatic rings. The molecule has 6 heteroatoms. The van der Waals surface area contributed by atoms with Crippen LogP contribution in [-0.2, 0) is 11.3 Å². The molecule has 2 aromatic rings. The van der Waals surface area contributed by atoms with Crippen LogP contribution in [0.15, 0.2) is 24.3 Å². The molecule has 0 unspecified atom stereocenters. The number of halogens is 4. The van der Waals surface area contributed by atoms with Crippen molar-refractivity contribution in [2.24, 2.45) is 0 Å². The number of benzene rings is 2. The average molecular weight is 465 g/mol. The van der Waals surface area contributed by atoms with Crippen molar-refractivity contribution in [1.82, 2.24) is 0 Å². The van der Waals surface area contributed by atoms with Crippen LogP contribution >= 0.6 is 0 Å². The van der Waals surface area contributed by atoms with E-state index in [9.17, 15) is 18.3 Å². The number of hydrogen-bond donors (Lipinski definition) is 1. The standard InChI is InChI=1S/C27H32F4O2/c1-2-33-15-19-9-12-21(25(29)24(19)28)16-3-5-17(6-4-16)22-13-14-23(27(31)26(22)30)18-7-10-20(32)11-8-18/h9,12-14,16-18,20,32H,2-8,10-11,15H2,1H3. The Morgan fingerprint density at radius 3 is 1.52 bits per heavy atom. The molecule has 33 heavy (non-hydrogen) atoms. The van der Waals surface area contributed by atoms with E-state index < -0.39 is 23.3 Å². The highest BCUT2D eigenvalue weighted by atomic mass is 19.2. The van der Waals surface area contributed by atoms with Gasteiger partial charge in [-0.15, -0.1) is 0 Å². The quantitative estimate of drug-likeness (QED) is 0.457. The lowest BCUT2D eigenvalue weighted by Gasteiger charge is -2.30. The lowest BCUT2D eigenvalue weighted by molar-refractivity contribution is 0.122. The Kier molecular flexibility index (Phi) is 7.75. The second kappa shape index (κ2) is 10.6. The van der Waals surface area contributed by atoms with E-state index in [1.54, 1.807) is 31.2 Å². The van der Waals surface area contributed by atoms with E-state index in [0.717, 1.165) is 0 Å². The molecular weight excluding hydrogens is 432 g/mol. The van der Waals surface area contributed by atoms with Crippen LogP contribution in [0.25, 0.3) is 0 Å². The highest BCUT2D eigenvalue weighted by Crippen LogP contribution is 2.44. The molecule has 2 fully saturated rings. The van der Waals surface area contributed by atoms with Gasteiger partial charge in [-0.2, -0.15) is 0 Å². The van der Waals surface area contributed by atoms with Crippen LogP contribution in [0.2, 0.25) is 0 Å². The SMILES string of the molecule is CCOCc1ccc(C2CCC(c3ccc(C4CCC(O)CC4)c(F)c3F)CC2)c(F)c1F. The first-order valence-corrected chi connectivity index (χ1v) is 12.1. The fraction of sp³-hybridized carbons (Fsp3) is 0.556. The van der Waals surface area contributed by atoms with Crippen LogP contribution in [0.5, 0.6) is 0 Å². The third-order valence-corrected chi connectivity index (χ3v) is 7.54. The Balaban J connectivity index is 1.44. The first-order valence-electron chi connectivity index (χ1n) is 12.1.